The number of benzene rings is 1. The van der Waals surface area contributed by atoms with Crippen molar-refractivity contribution in [3.63, 3.8) is 0 Å². The van der Waals surface area contributed by atoms with Gasteiger partial charge in [-0.3, -0.25) is 4.79 Å². The first-order valence-corrected chi connectivity index (χ1v) is 4.54. The van der Waals surface area contributed by atoms with Gasteiger partial charge in [0.15, 0.2) is 0 Å². The van der Waals surface area contributed by atoms with E-state index in [1.54, 1.807) is 32.2 Å². The molecular weight excluding hydrogens is 194 g/mol. The monoisotopic (exact) mass is 209 g/mol. The van der Waals surface area contributed by atoms with Gasteiger partial charge in [0.25, 0.3) is 0 Å². The van der Waals surface area contributed by atoms with E-state index in [9.17, 15) is 4.79 Å². The minimum Gasteiger partial charge on any atom is -0.497 e. The summed E-state index contributed by atoms with van der Waals surface area (Å²) in [6.07, 6.45) is 0. The molecule has 1 aromatic carbocycles. The molecule has 0 heterocycles. The summed E-state index contributed by atoms with van der Waals surface area (Å²) < 4.78 is 5.01. The van der Waals surface area contributed by atoms with Crippen molar-refractivity contribution in [2.75, 3.05) is 18.2 Å². The van der Waals surface area contributed by atoms with E-state index in [0.29, 0.717) is 17.1 Å². The zero-order valence-electron chi connectivity index (χ0n) is 8.78. The average molecular weight is 209 g/mol. The molecule has 0 aliphatic carbocycles. The molecule has 0 aromatic heterocycles. The predicted octanol–water partition coefficient (Wildman–Crippen LogP) is 0.563. The van der Waals surface area contributed by atoms with Crippen LogP contribution in [0.2, 0.25) is 0 Å². The van der Waals surface area contributed by atoms with Crippen molar-refractivity contribution >= 4 is 17.3 Å². The summed E-state index contributed by atoms with van der Waals surface area (Å²) in [5.74, 6) is 0.346. The zero-order valence-corrected chi connectivity index (χ0v) is 8.78. The maximum atomic E-state index is 11.3. The summed E-state index contributed by atoms with van der Waals surface area (Å²) in [7, 11) is 1.54. The topological polar surface area (TPSA) is 90.4 Å². The molecule has 82 valence electrons. The number of anilines is 2. The fourth-order valence-electron chi connectivity index (χ4n) is 1.02. The van der Waals surface area contributed by atoms with Crippen LogP contribution >= 0.6 is 0 Å². The molecule has 15 heavy (non-hydrogen) atoms. The van der Waals surface area contributed by atoms with E-state index in [1.807, 2.05) is 0 Å². The molecule has 0 bridgehead atoms. The lowest BCUT2D eigenvalue weighted by atomic mass is 10.2. The zero-order chi connectivity index (χ0) is 11.4. The van der Waals surface area contributed by atoms with Crippen LogP contribution in [0.1, 0.15) is 6.92 Å². The molecule has 0 saturated heterocycles. The van der Waals surface area contributed by atoms with Crippen LogP contribution in [0, 0.1) is 0 Å². The van der Waals surface area contributed by atoms with Crippen LogP contribution in [-0.2, 0) is 4.79 Å². The predicted molar refractivity (Wildman–Crippen MR) is 59.7 cm³/mol. The Hall–Kier alpha value is -1.75. The average Bonchev–Trinajstić information content (AvgIpc) is 2.21. The molecule has 0 spiro atoms. The molecule has 0 aliphatic heterocycles. The van der Waals surface area contributed by atoms with Crippen molar-refractivity contribution in [3.05, 3.63) is 18.2 Å². The van der Waals surface area contributed by atoms with Crippen molar-refractivity contribution in [2.45, 2.75) is 13.0 Å². The van der Waals surface area contributed by atoms with Crippen LogP contribution < -0.4 is 21.5 Å². The highest BCUT2D eigenvalue weighted by Crippen LogP contribution is 2.24. The Bertz CT molecular complexity index is 364. The van der Waals surface area contributed by atoms with Crippen molar-refractivity contribution in [2.24, 2.45) is 5.73 Å². The number of hydrogen-bond acceptors (Lipinski definition) is 4. The maximum Gasteiger partial charge on any atom is 0.241 e. The van der Waals surface area contributed by atoms with E-state index in [-0.39, 0.29) is 5.91 Å². The second kappa shape index (κ2) is 4.65. The van der Waals surface area contributed by atoms with Gasteiger partial charge in [0.2, 0.25) is 5.91 Å². The summed E-state index contributed by atoms with van der Waals surface area (Å²) in [6.45, 7) is 1.60. The van der Waals surface area contributed by atoms with Crippen molar-refractivity contribution in [1.82, 2.24) is 0 Å². The molecule has 1 unspecified atom stereocenters. The Morgan fingerprint density at radius 2 is 2.20 bits per heavy atom. The van der Waals surface area contributed by atoms with E-state index in [2.05, 4.69) is 5.32 Å². The highest BCUT2D eigenvalue weighted by atomic mass is 16.5. The number of carbonyl (C=O) groups is 1. The Labute approximate surface area is 88.4 Å². The van der Waals surface area contributed by atoms with Crippen LogP contribution in [0.25, 0.3) is 0 Å². The van der Waals surface area contributed by atoms with E-state index in [4.69, 9.17) is 16.2 Å². The largest absolute Gasteiger partial charge is 0.497 e. The highest BCUT2D eigenvalue weighted by Gasteiger charge is 2.09. The van der Waals surface area contributed by atoms with Gasteiger partial charge in [-0.15, -0.1) is 0 Å². The Kier molecular flexibility index (Phi) is 3.51. The summed E-state index contributed by atoms with van der Waals surface area (Å²) >= 11 is 0. The first-order valence-electron chi connectivity index (χ1n) is 4.54. The fraction of sp³-hybridized carbons (Fsp3) is 0.300. The van der Waals surface area contributed by atoms with Crippen LogP contribution in [0.5, 0.6) is 5.75 Å². The summed E-state index contributed by atoms with van der Waals surface area (Å²) in [4.78, 5) is 11.3. The minimum absolute atomic E-state index is 0.282. The smallest absolute Gasteiger partial charge is 0.241 e. The quantitative estimate of drug-likeness (QED) is 0.634. The molecule has 0 radical (unpaired) electrons. The van der Waals surface area contributed by atoms with Gasteiger partial charge in [0, 0.05) is 6.07 Å². The second-order valence-electron chi connectivity index (χ2n) is 3.23. The molecule has 1 aromatic rings. The fourth-order valence-corrected chi connectivity index (χ4v) is 1.02. The molecule has 1 atom stereocenters. The Balaban J connectivity index is 2.88. The first kappa shape index (κ1) is 11.3. The Morgan fingerprint density at radius 3 is 2.73 bits per heavy atom. The number of ether oxygens (including phenoxy) is 1. The van der Waals surface area contributed by atoms with Crippen molar-refractivity contribution in [1.29, 1.82) is 0 Å². The van der Waals surface area contributed by atoms with Crippen molar-refractivity contribution in [3.8, 4) is 5.75 Å². The van der Waals surface area contributed by atoms with E-state index in [1.165, 1.54) is 0 Å². The molecule has 5 heteroatoms. The lowest BCUT2D eigenvalue weighted by molar-refractivity contribution is -0.117. The maximum absolute atomic E-state index is 11.3. The summed E-state index contributed by atoms with van der Waals surface area (Å²) in [5, 5.41) is 2.62. The number of nitrogens with one attached hydrogen (secondary N) is 1. The second-order valence-corrected chi connectivity index (χ2v) is 3.23. The number of methoxy groups -OCH3 is 1. The van der Waals surface area contributed by atoms with Gasteiger partial charge in [-0.2, -0.15) is 0 Å². The number of nitrogens with two attached hydrogens (primary N) is 2. The lowest BCUT2D eigenvalue weighted by Crippen LogP contribution is -2.32. The van der Waals surface area contributed by atoms with Gasteiger partial charge in [0.1, 0.15) is 5.75 Å². The normalized spacial score (nSPS) is 11.9. The molecule has 1 rings (SSSR count). The molecule has 0 fully saturated rings. The summed E-state index contributed by atoms with van der Waals surface area (Å²) in [5.41, 5.74) is 12.1. The minimum atomic E-state index is -0.574. The number of hydrogen-bond donors (Lipinski definition) is 3. The van der Waals surface area contributed by atoms with Gasteiger partial charge >= 0.3 is 0 Å². The number of amides is 1. The third-order valence-electron chi connectivity index (χ3n) is 1.93. The van der Waals surface area contributed by atoms with Crippen LogP contribution in [0.15, 0.2) is 18.2 Å². The van der Waals surface area contributed by atoms with Crippen LogP contribution in [0.4, 0.5) is 11.4 Å². The van der Waals surface area contributed by atoms with Gasteiger partial charge in [-0.05, 0) is 19.1 Å². The van der Waals surface area contributed by atoms with E-state index < -0.39 is 6.04 Å². The van der Waals surface area contributed by atoms with E-state index >= 15 is 0 Å². The summed E-state index contributed by atoms with van der Waals surface area (Å²) in [6, 6.07) is 4.46. The van der Waals surface area contributed by atoms with Gasteiger partial charge in [-0.1, -0.05) is 0 Å². The van der Waals surface area contributed by atoms with E-state index in [0.717, 1.165) is 0 Å². The number of rotatable bonds is 3. The van der Waals surface area contributed by atoms with Crippen LogP contribution in [0.3, 0.4) is 0 Å². The third kappa shape index (κ3) is 2.85. The SMILES string of the molecule is COc1ccc(N)c(NC(=O)C(C)N)c1. The van der Waals surface area contributed by atoms with Gasteiger partial charge in [0.05, 0.1) is 24.5 Å². The van der Waals surface area contributed by atoms with Gasteiger partial charge in [-0.25, -0.2) is 0 Å². The number of nitrogen functional groups attached to an aromatic ring is 1. The molecule has 5 nitrogen and oxygen atoms in total. The third-order valence-corrected chi connectivity index (χ3v) is 1.93. The standard InChI is InChI=1S/C10H15N3O2/c1-6(11)10(14)13-9-5-7(15-2)3-4-8(9)12/h3-6H,11-12H2,1-2H3,(H,13,14). The molecule has 0 aliphatic rings. The van der Waals surface area contributed by atoms with Crippen LogP contribution in [-0.4, -0.2) is 19.1 Å². The first-order chi connectivity index (χ1) is 7.04. The highest BCUT2D eigenvalue weighted by molar-refractivity contribution is 5.97. The molecule has 5 N–H and O–H groups in total. The molecule has 1 amide bonds. The lowest BCUT2D eigenvalue weighted by Gasteiger charge is -2.11. The molecule has 0 saturated carbocycles. The number of carbonyl (C=O) groups excluding carboxylic acids is 1. The Morgan fingerprint density at radius 1 is 1.53 bits per heavy atom. The van der Waals surface area contributed by atoms with Crippen molar-refractivity contribution < 1.29 is 9.53 Å². The molecular formula is C10H15N3O2. The van der Waals surface area contributed by atoms with Gasteiger partial charge < -0.3 is 21.5 Å².